The van der Waals surface area contributed by atoms with Crippen LogP contribution in [0.25, 0.3) is 0 Å². The molecule has 4 rings (SSSR count). The molecule has 0 amide bonds. The molecule has 134 valence electrons. The largest absolute Gasteiger partial charge is 0.380 e. The lowest BCUT2D eigenvalue weighted by Gasteiger charge is -2.36. The van der Waals surface area contributed by atoms with Gasteiger partial charge in [0, 0.05) is 34.6 Å². The van der Waals surface area contributed by atoms with E-state index in [4.69, 9.17) is 16.3 Å². The molecule has 2 aromatic carbocycles. The third kappa shape index (κ3) is 2.61. The zero-order valence-electron chi connectivity index (χ0n) is 13.6. The van der Waals surface area contributed by atoms with Crippen LogP contribution < -0.4 is 0 Å². The van der Waals surface area contributed by atoms with Gasteiger partial charge in [-0.05, 0) is 12.1 Å². The van der Waals surface area contributed by atoms with Crippen molar-refractivity contribution >= 4 is 11.6 Å². The number of hydrogen-bond donors (Lipinski definition) is 1. The number of epoxide rings is 1. The first-order chi connectivity index (χ1) is 12.5. The van der Waals surface area contributed by atoms with Crippen molar-refractivity contribution in [1.29, 1.82) is 0 Å². The van der Waals surface area contributed by atoms with E-state index in [0.717, 1.165) is 12.1 Å². The summed E-state index contributed by atoms with van der Waals surface area (Å²) in [6.45, 7) is 0.111. The van der Waals surface area contributed by atoms with Crippen LogP contribution >= 0.6 is 11.6 Å². The summed E-state index contributed by atoms with van der Waals surface area (Å²) in [5, 5.41) is 12.1. The number of benzene rings is 2. The minimum Gasteiger partial charge on any atom is -0.380 e. The molecule has 3 aromatic rings. The van der Waals surface area contributed by atoms with Crippen molar-refractivity contribution in [2.45, 2.75) is 17.7 Å². The summed E-state index contributed by atoms with van der Waals surface area (Å²) in [5.74, 6) is -1.57. The predicted octanol–water partition coefficient (Wildman–Crippen LogP) is 3.63. The molecule has 4 nitrogen and oxygen atoms in total. The molecule has 1 aliphatic heterocycles. The highest BCUT2D eigenvalue weighted by molar-refractivity contribution is 6.31. The highest BCUT2D eigenvalue weighted by Gasteiger charge is 2.64. The maximum absolute atomic E-state index is 14.6. The lowest BCUT2D eigenvalue weighted by atomic mass is 9.76. The van der Waals surface area contributed by atoms with Crippen LogP contribution in [0, 0.1) is 11.6 Å². The standard InChI is InChI=1S/C19H15ClF2N2O2/c20-16-4-2-1-3-14(16)19(11-26-19)18(25,10-24-8-7-23-12-24)15-6-5-13(21)9-17(15)22/h1-9,12,25H,10-11H2. The Balaban J connectivity index is 1.90. The predicted molar refractivity (Wildman–Crippen MR) is 91.6 cm³/mol. The fraction of sp³-hybridized carbons (Fsp3) is 0.211. The van der Waals surface area contributed by atoms with Crippen LogP contribution in [-0.4, -0.2) is 21.3 Å². The number of aromatic nitrogens is 2. The van der Waals surface area contributed by atoms with Gasteiger partial charge < -0.3 is 14.4 Å². The van der Waals surface area contributed by atoms with Crippen molar-refractivity contribution in [1.82, 2.24) is 9.55 Å². The maximum Gasteiger partial charge on any atom is 0.152 e. The second kappa shape index (κ2) is 6.16. The molecular formula is C19H15ClF2N2O2. The number of nitrogens with zero attached hydrogens (tertiary/aromatic N) is 2. The Morgan fingerprint density at radius 1 is 1.27 bits per heavy atom. The SMILES string of the molecule is OC(Cn1ccnc1)(c1ccc(F)cc1F)C1(c2ccccc2Cl)CO1. The third-order valence-electron chi connectivity index (χ3n) is 4.76. The van der Waals surface area contributed by atoms with Crippen molar-refractivity contribution in [3.8, 4) is 0 Å². The van der Waals surface area contributed by atoms with E-state index in [-0.39, 0.29) is 18.7 Å². The zero-order chi connectivity index (χ0) is 18.4. The molecule has 0 aliphatic carbocycles. The average Bonchev–Trinajstić information content (AvgIpc) is 3.27. The highest BCUT2D eigenvalue weighted by Crippen LogP contribution is 2.55. The topological polar surface area (TPSA) is 50.6 Å². The van der Waals surface area contributed by atoms with Gasteiger partial charge in [-0.25, -0.2) is 13.8 Å². The molecular weight excluding hydrogens is 362 g/mol. The molecule has 7 heteroatoms. The van der Waals surface area contributed by atoms with Gasteiger partial charge in [-0.15, -0.1) is 0 Å². The number of rotatable bonds is 5. The average molecular weight is 377 g/mol. The summed E-state index contributed by atoms with van der Waals surface area (Å²) in [7, 11) is 0. The van der Waals surface area contributed by atoms with Gasteiger partial charge in [-0.1, -0.05) is 35.9 Å². The van der Waals surface area contributed by atoms with Crippen molar-refractivity contribution < 1.29 is 18.6 Å². The Morgan fingerprint density at radius 2 is 2.04 bits per heavy atom. The highest BCUT2D eigenvalue weighted by atomic mass is 35.5. The Kier molecular flexibility index (Phi) is 4.06. The van der Waals surface area contributed by atoms with Crippen LogP contribution in [0.3, 0.4) is 0 Å². The monoisotopic (exact) mass is 376 g/mol. The lowest BCUT2D eigenvalue weighted by molar-refractivity contribution is -0.0635. The molecule has 1 saturated heterocycles. The molecule has 2 heterocycles. The van der Waals surface area contributed by atoms with Gasteiger partial charge in [0.25, 0.3) is 0 Å². The maximum atomic E-state index is 14.6. The fourth-order valence-electron chi connectivity index (χ4n) is 3.38. The molecule has 0 radical (unpaired) electrons. The number of imidazole rings is 1. The van der Waals surface area contributed by atoms with Crippen LogP contribution in [0.5, 0.6) is 0 Å². The van der Waals surface area contributed by atoms with E-state index in [1.165, 1.54) is 12.4 Å². The molecule has 2 atom stereocenters. The second-order valence-corrected chi connectivity index (χ2v) is 6.72. The molecule has 0 spiro atoms. The third-order valence-corrected chi connectivity index (χ3v) is 5.09. The van der Waals surface area contributed by atoms with E-state index < -0.39 is 22.8 Å². The summed E-state index contributed by atoms with van der Waals surface area (Å²) in [4.78, 5) is 3.96. The smallest absolute Gasteiger partial charge is 0.152 e. The Morgan fingerprint density at radius 3 is 2.65 bits per heavy atom. The van der Waals surface area contributed by atoms with Crippen molar-refractivity contribution in [3.05, 3.63) is 89.0 Å². The van der Waals surface area contributed by atoms with Crippen molar-refractivity contribution in [2.75, 3.05) is 6.61 Å². The van der Waals surface area contributed by atoms with Crippen molar-refractivity contribution in [3.63, 3.8) is 0 Å². The van der Waals surface area contributed by atoms with Crippen LogP contribution in [0.2, 0.25) is 5.02 Å². The van der Waals surface area contributed by atoms with Gasteiger partial charge in [0.1, 0.15) is 17.2 Å². The van der Waals surface area contributed by atoms with Gasteiger partial charge in [-0.3, -0.25) is 0 Å². The molecule has 1 fully saturated rings. The molecule has 0 bridgehead atoms. The van der Waals surface area contributed by atoms with Gasteiger partial charge in [0.2, 0.25) is 0 Å². The Hall–Kier alpha value is -2.28. The molecule has 1 aromatic heterocycles. The minimum absolute atomic E-state index is 0.0409. The van der Waals surface area contributed by atoms with E-state index in [9.17, 15) is 13.9 Å². The van der Waals surface area contributed by atoms with E-state index in [1.54, 1.807) is 41.2 Å². The summed E-state index contributed by atoms with van der Waals surface area (Å²) in [6.07, 6.45) is 4.71. The summed E-state index contributed by atoms with van der Waals surface area (Å²) < 4.78 is 35.4. The van der Waals surface area contributed by atoms with E-state index in [1.807, 2.05) is 0 Å². The van der Waals surface area contributed by atoms with Gasteiger partial charge in [0.15, 0.2) is 5.60 Å². The number of halogens is 3. The summed E-state index contributed by atoms with van der Waals surface area (Å²) in [5.41, 5.74) is -2.58. The first-order valence-corrected chi connectivity index (χ1v) is 8.37. The van der Waals surface area contributed by atoms with Gasteiger partial charge >= 0.3 is 0 Å². The Bertz CT molecular complexity index is 944. The minimum atomic E-state index is -1.82. The lowest BCUT2D eigenvalue weighted by Crippen LogP contribution is -2.45. The summed E-state index contributed by atoms with van der Waals surface area (Å²) in [6, 6.07) is 10.0. The molecule has 0 saturated carbocycles. The zero-order valence-corrected chi connectivity index (χ0v) is 14.3. The molecule has 2 unspecified atom stereocenters. The van der Waals surface area contributed by atoms with E-state index in [0.29, 0.717) is 10.6 Å². The van der Waals surface area contributed by atoms with Crippen molar-refractivity contribution in [2.24, 2.45) is 0 Å². The van der Waals surface area contributed by atoms with Crippen LogP contribution in [-0.2, 0) is 22.5 Å². The number of aliphatic hydroxyl groups is 1. The van der Waals surface area contributed by atoms with Crippen LogP contribution in [0.4, 0.5) is 8.78 Å². The molecule has 1 aliphatic rings. The Labute approximate surface area is 153 Å². The second-order valence-electron chi connectivity index (χ2n) is 6.31. The summed E-state index contributed by atoms with van der Waals surface area (Å²) >= 11 is 6.33. The first-order valence-electron chi connectivity index (χ1n) is 7.99. The van der Waals surface area contributed by atoms with E-state index in [2.05, 4.69) is 4.98 Å². The molecule has 26 heavy (non-hydrogen) atoms. The number of ether oxygens (including phenoxy) is 1. The van der Waals surface area contributed by atoms with Gasteiger partial charge in [-0.2, -0.15) is 0 Å². The number of hydrogen-bond acceptors (Lipinski definition) is 3. The molecule has 1 N–H and O–H groups in total. The van der Waals surface area contributed by atoms with Crippen LogP contribution in [0.15, 0.2) is 61.2 Å². The van der Waals surface area contributed by atoms with E-state index >= 15 is 0 Å². The fourth-order valence-corrected chi connectivity index (χ4v) is 3.67. The quantitative estimate of drug-likeness (QED) is 0.692. The van der Waals surface area contributed by atoms with Gasteiger partial charge in [0.05, 0.1) is 19.5 Å². The first kappa shape index (κ1) is 17.1. The van der Waals surface area contributed by atoms with Crippen LogP contribution in [0.1, 0.15) is 11.1 Å². The normalized spacial score (nSPS) is 21.4.